The number of thiazole rings is 1. The summed E-state index contributed by atoms with van der Waals surface area (Å²) in [6.07, 6.45) is -1.34. The second-order valence-electron chi connectivity index (χ2n) is 6.74. The third kappa shape index (κ3) is 4.66. The van der Waals surface area contributed by atoms with E-state index < -0.39 is 6.36 Å². The van der Waals surface area contributed by atoms with E-state index in [4.69, 9.17) is 5.73 Å². The Hall–Kier alpha value is -3.47. The van der Waals surface area contributed by atoms with Crippen LogP contribution in [0.3, 0.4) is 0 Å². The summed E-state index contributed by atoms with van der Waals surface area (Å²) in [5, 5.41) is 3.83. The molecule has 1 unspecified atom stereocenters. The van der Waals surface area contributed by atoms with E-state index in [1.807, 2.05) is 19.9 Å². The number of nitrogen functional groups attached to an aromatic ring is 1. The molecule has 0 saturated carbocycles. The summed E-state index contributed by atoms with van der Waals surface area (Å²) in [5.41, 5.74) is 9.03. The lowest BCUT2D eigenvalue weighted by Gasteiger charge is -2.16. The van der Waals surface area contributed by atoms with Crippen molar-refractivity contribution in [2.24, 2.45) is 0 Å². The van der Waals surface area contributed by atoms with Gasteiger partial charge >= 0.3 is 6.36 Å². The van der Waals surface area contributed by atoms with Gasteiger partial charge in [-0.1, -0.05) is 12.1 Å². The second kappa shape index (κ2) is 7.99. The van der Waals surface area contributed by atoms with Crippen molar-refractivity contribution in [3.8, 4) is 16.3 Å². The summed E-state index contributed by atoms with van der Waals surface area (Å²) in [4.78, 5) is 17.5. The van der Waals surface area contributed by atoms with Crippen LogP contribution < -0.4 is 15.8 Å². The number of halogens is 3. The van der Waals surface area contributed by atoms with Crippen LogP contribution in [0.4, 0.5) is 24.9 Å². The first-order chi connectivity index (χ1) is 14.7. The van der Waals surface area contributed by atoms with E-state index in [1.54, 1.807) is 24.5 Å². The predicted molar refractivity (Wildman–Crippen MR) is 113 cm³/mol. The van der Waals surface area contributed by atoms with E-state index >= 15 is 0 Å². The monoisotopic (exact) mass is 446 g/mol. The molecular formula is C20H17F3N6OS. The van der Waals surface area contributed by atoms with E-state index in [0.29, 0.717) is 22.2 Å². The van der Waals surface area contributed by atoms with Crippen LogP contribution in [0.1, 0.15) is 24.2 Å². The van der Waals surface area contributed by atoms with Gasteiger partial charge in [0.2, 0.25) is 5.95 Å². The number of nitrogens with two attached hydrogens (primary N) is 1. The average Bonchev–Trinajstić information content (AvgIpc) is 3.10. The lowest BCUT2D eigenvalue weighted by Crippen LogP contribution is -2.17. The maximum atomic E-state index is 12.3. The lowest BCUT2D eigenvalue weighted by molar-refractivity contribution is -0.274. The van der Waals surface area contributed by atoms with Crippen molar-refractivity contribution in [3.05, 3.63) is 54.0 Å². The number of nitrogens with one attached hydrogen (secondary N) is 1. The summed E-state index contributed by atoms with van der Waals surface area (Å²) in [6, 6.07) is 7.19. The second-order valence-corrected chi connectivity index (χ2v) is 7.77. The standard InChI is InChI=1S/C20H17F3N6OS/c1-10(12-3-5-13(6-4-12)30-20(21,22)23)26-19-27-11(2)16(17(24)29-19)18-28-14-9-25-8-7-15(14)31-18/h3-10H,1-2H3,(H3,24,26,27,29). The molecular weight excluding hydrogens is 429 g/mol. The van der Waals surface area contributed by atoms with Crippen molar-refractivity contribution >= 4 is 33.3 Å². The average molecular weight is 446 g/mol. The molecule has 3 N–H and O–H groups in total. The summed E-state index contributed by atoms with van der Waals surface area (Å²) in [6.45, 7) is 3.65. The fourth-order valence-electron chi connectivity index (χ4n) is 3.05. The Balaban J connectivity index is 1.54. The number of ether oxygens (including phenoxy) is 1. The van der Waals surface area contributed by atoms with Gasteiger partial charge in [0.05, 0.1) is 28.2 Å². The van der Waals surface area contributed by atoms with Crippen molar-refractivity contribution < 1.29 is 17.9 Å². The van der Waals surface area contributed by atoms with Crippen LogP contribution in [0.25, 0.3) is 20.8 Å². The van der Waals surface area contributed by atoms with Gasteiger partial charge < -0.3 is 15.8 Å². The zero-order valence-electron chi connectivity index (χ0n) is 16.4. The molecule has 0 radical (unpaired) electrons. The van der Waals surface area contributed by atoms with Crippen LogP contribution in [-0.2, 0) is 0 Å². The van der Waals surface area contributed by atoms with Crippen LogP contribution in [0.15, 0.2) is 42.7 Å². The molecule has 11 heteroatoms. The van der Waals surface area contributed by atoms with Crippen molar-refractivity contribution in [2.45, 2.75) is 26.3 Å². The van der Waals surface area contributed by atoms with E-state index in [0.717, 1.165) is 15.8 Å². The minimum absolute atomic E-state index is 0.280. The summed E-state index contributed by atoms with van der Waals surface area (Å²) in [5.74, 6) is 0.308. The molecule has 0 spiro atoms. The van der Waals surface area contributed by atoms with Gasteiger partial charge in [0.1, 0.15) is 22.1 Å². The third-order valence-corrected chi connectivity index (χ3v) is 5.53. The van der Waals surface area contributed by atoms with Gasteiger partial charge in [-0.25, -0.2) is 9.97 Å². The zero-order chi connectivity index (χ0) is 22.2. The fourth-order valence-corrected chi connectivity index (χ4v) is 4.08. The highest BCUT2D eigenvalue weighted by Crippen LogP contribution is 2.35. The number of anilines is 2. The quantitative estimate of drug-likeness (QED) is 0.439. The van der Waals surface area contributed by atoms with Gasteiger partial charge in [0.15, 0.2) is 0 Å². The van der Waals surface area contributed by atoms with E-state index in [1.165, 1.54) is 23.5 Å². The molecule has 160 valence electrons. The first-order valence-corrected chi connectivity index (χ1v) is 9.98. The molecule has 4 rings (SSSR count). The van der Waals surface area contributed by atoms with Gasteiger partial charge in [-0.2, -0.15) is 4.98 Å². The minimum Gasteiger partial charge on any atom is -0.406 e. The first kappa shape index (κ1) is 20.8. The van der Waals surface area contributed by atoms with E-state index in [9.17, 15) is 13.2 Å². The molecule has 3 aromatic heterocycles. The molecule has 0 aliphatic carbocycles. The third-order valence-electron chi connectivity index (χ3n) is 4.48. The molecule has 3 heterocycles. The molecule has 1 aromatic carbocycles. The number of hydrogen-bond donors (Lipinski definition) is 2. The van der Waals surface area contributed by atoms with Crippen molar-refractivity contribution in [1.29, 1.82) is 0 Å². The maximum absolute atomic E-state index is 12.3. The van der Waals surface area contributed by atoms with E-state index in [2.05, 4.69) is 30.0 Å². The number of alkyl halides is 3. The Morgan fingerprint density at radius 3 is 2.48 bits per heavy atom. The van der Waals surface area contributed by atoms with Crippen molar-refractivity contribution in [2.75, 3.05) is 11.1 Å². The van der Waals surface area contributed by atoms with Gasteiger partial charge in [-0.05, 0) is 37.6 Å². The number of rotatable bonds is 5. The highest BCUT2D eigenvalue weighted by atomic mass is 32.1. The van der Waals surface area contributed by atoms with Crippen LogP contribution in [-0.4, -0.2) is 26.3 Å². The van der Waals surface area contributed by atoms with Crippen LogP contribution in [0.2, 0.25) is 0 Å². The zero-order valence-corrected chi connectivity index (χ0v) is 17.3. The van der Waals surface area contributed by atoms with Crippen molar-refractivity contribution in [3.63, 3.8) is 0 Å². The Kier molecular flexibility index (Phi) is 5.36. The largest absolute Gasteiger partial charge is 0.573 e. The van der Waals surface area contributed by atoms with Gasteiger partial charge in [0.25, 0.3) is 0 Å². The number of nitrogens with zero attached hydrogens (tertiary/aromatic N) is 4. The molecule has 0 aliphatic rings. The Morgan fingerprint density at radius 1 is 1.10 bits per heavy atom. The summed E-state index contributed by atoms with van der Waals surface area (Å²) in [7, 11) is 0. The number of fused-ring (bicyclic) bond motifs is 1. The number of pyridine rings is 1. The molecule has 0 aliphatic heterocycles. The van der Waals surface area contributed by atoms with Gasteiger partial charge in [-0.15, -0.1) is 24.5 Å². The summed E-state index contributed by atoms with van der Waals surface area (Å²) >= 11 is 1.48. The minimum atomic E-state index is -4.73. The molecule has 0 fully saturated rings. The Labute approximate surface area is 179 Å². The number of benzene rings is 1. The molecule has 0 saturated heterocycles. The molecule has 0 amide bonds. The number of hydrogen-bond acceptors (Lipinski definition) is 8. The van der Waals surface area contributed by atoms with Crippen LogP contribution in [0.5, 0.6) is 5.75 Å². The Morgan fingerprint density at radius 2 is 1.84 bits per heavy atom. The van der Waals surface area contributed by atoms with Crippen LogP contribution >= 0.6 is 11.3 Å². The highest BCUT2D eigenvalue weighted by Gasteiger charge is 2.31. The predicted octanol–water partition coefficient (Wildman–Crippen LogP) is 5.11. The molecule has 7 nitrogen and oxygen atoms in total. The van der Waals surface area contributed by atoms with Crippen LogP contribution in [0, 0.1) is 6.92 Å². The SMILES string of the molecule is Cc1nc(NC(C)c2ccc(OC(F)(F)F)cc2)nc(N)c1-c1nc2cnccc2s1. The molecule has 31 heavy (non-hydrogen) atoms. The van der Waals surface area contributed by atoms with Gasteiger partial charge in [0, 0.05) is 6.20 Å². The Bertz CT molecular complexity index is 1170. The molecule has 4 aromatic rings. The molecule has 1 atom stereocenters. The van der Waals surface area contributed by atoms with Crippen molar-refractivity contribution in [1.82, 2.24) is 19.9 Å². The fraction of sp³-hybridized carbons (Fsp3) is 0.200. The highest BCUT2D eigenvalue weighted by molar-refractivity contribution is 7.21. The van der Waals surface area contributed by atoms with E-state index in [-0.39, 0.29) is 17.6 Å². The topological polar surface area (TPSA) is 98.8 Å². The number of aromatic nitrogens is 4. The molecule has 0 bridgehead atoms. The summed E-state index contributed by atoms with van der Waals surface area (Å²) < 4.78 is 41.8. The van der Waals surface area contributed by atoms with Gasteiger partial charge in [-0.3, -0.25) is 4.98 Å². The smallest absolute Gasteiger partial charge is 0.406 e. The number of aryl methyl sites for hydroxylation is 1. The first-order valence-electron chi connectivity index (χ1n) is 9.17. The lowest BCUT2D eigenvalue weighted by atomic mass is 10.1. The maximum Gasteiger partial charge on any atom is 0.573 e. The normalized spacial score (nSPS) is 12.7.